The second kappa shape index (κ2) is 4.91. The van der Waals surface area contributed by atoms with Gasteiger partial charge in [-0.1, -0.05) is 11.6 Å². The van der Waals surface area contributed by atoms with Crippen LogP contribution in [0.3, 0.4) is 0 Å². The summed E-state index contributed by atoms with van der Waals surface area (Å²) in [6.45, 7) is 3.57. The summed E-state index contributed by atoms with van der Waals surface area (Å²) in [5.41, 5.74) is 4.75. The smallest absolute Gasteiger partial charge is 0.234 e. The van der Waals surface area contributed by atoms with Gasteiger partial charge in [-0.2, -0.15) is 0 Å². The molecule has 7 heteroatoms. The van der Waals surface area contributed by atoms with Crippen LogP contribution in [0.1, 0.15) is 43.9 Å². The Morgan fingerprint density at radius 1 is 1.68 bits per heavy atom. The van der Waals surface area contributed by atoms with Crippen molar-refractivity contribution in [1.29, 1.82) is 0 Å². The lowest BCUT2D eigenvalue weighted by molar-refractivity contribution is -0.131. The molecule has 0 aliphatic heterocycles. The van der Waals surface area contributed by atoms with Crippen LogP contribution in [0.5, 0.6) is 0 Å². The van der Waals surface area contributed by atoms with Crippen molar-refractivity contribution in [2.45, 2.75) is 39.2 Å². The molecule has 4 N–H and O–H groups in total. The Balaban J connectivity index is 2.08. The third-order valence-electron chi connectivity index (χ3n) is 3.60. The molecule has 104 valence electrons. The minimum absolute atomic E-state index is 0.0352. The van der Waals surface area contributed by atoms with E-state index in [9.17, 15) is 4.79 Å². The maximum atomic E-state index is 12.3. The van der Waals surface area contributed by atoms with Gasteiger partial charge in [-0.25, -0.2) is 4.98 Å². The highest BCUT2D eigenvalue weighted by Gasteiger charge is 2.48. The Morgan fingerprint density at radius 2 is 2.37 bits per heavy atom. The molecule has 1 unspecified atom stereocenters. The van der Waals surface area contributed by atoms with Gasteiger partial charge in [0, 0.05) is 0 Å². The molecule has 1 amide bonds. The van der Waals surface area contributed by atoms with E-state index < -0.39 is 5.41 Å². The summed E-state index contributed by atoms with van der Waals surface area (Å²) in [4.78, 5) is 16.4. The Kier molecular flexibility index (Phi) is 3.46. The van der Waals surface area contributed by atoms with Crippen LogP contribution in [0.2, 0.25) is 0 Å². The molecule has 7 nitrogen and oxygen atoms in total. The van der Waals surface area contributed by atoms with Gasteiger partial charge in [0.15, 0.2) is 5.84 Å². The number of amidine groups is 1. The predicted molar refractivity (Wildman–Crippen MR) is 67.5 cm³/mol. The van der Waals surface area contributed by atoms with E-state index in [0.29, 0.717) is 24.5 Å². The predicted octanol–water partition coefficient (Wildman–Crippen LogP) is 1.08. The molecule has 2 rings (SSSR count). The standard InChI is InChI=1S/C12H18N4O3/c1-7-6-14-9(19-7)8(2)15-11(17)12(4-3-5-12)10(13)16-18/h6,8,18H,3-5H2,1-2H3,(H2,13,16)(H,15,17). The van der Waals surface area contributed by atoms with Gasteiger partial charge in [-0.05, 0) is 26.7 Å². The van der Waals surface area contributed by atoms with Crippen LogP contribution in [0, 0.1) is 12.3 Å². The van der Waals surface area contributed by atoms with Gasteiger partial charge in [-0.3, -0.25) is 4.79 Å². The van der Waals surface area contributed by atoms with Gasteiger partial charge in [0.1, 0.15) is 17.2 Å². The lowest BCUT2D eigenvalue weighted by atomic mass is 9.67. The highest BCUT2D eigenvalue weighted by atomic mass is 16.4. The molecule has 0 aromatic carbocycles. The van der Waals surface area contributed by atoms with Gasteiger partial charge < -0.3 is 20.7 Å². The number of carbonyl (C=O) groups excluding carboxylic acids is 1. The fourth-order valence-corrected chi connectivity index (χ4v) is 2.19. The lowest BCUT2D eigenvalue weighted by Gasteiger charge is -2.39. The number of nitrogens with two attached hydrogens (primary N) is 1. The van der Waals surface area contributed by atoms with Crippen LogP contribution >= 0.6 is 0 Å². The third kappa shape index (κ3) is 2.27. The summed E-state index contributed by atoms with van der Waals surface area (Å²) in [5, 5.41) is 14.6. The molecule has 19 heavy (non-hydrogen) atoms. The number of nitrogens with zero attached hydrogens (tertiary/aromatic N) is 2. The molecule has 1 aliphatic rings. The molecular formula is C12H18N4O3. The largest absolute Gasteiger partial charge is 0.444 e. The van der Waals surface area contributed by atoms with E-state index in [2.05, 4.69) is 15.5 Å². The van der Waals surface area contributed by atoms with Crippen LogP contribution in [0.15, 0.2) is 15.8 Å². The van der Waals surface area contributed by atoms with E-state index in [1.54, 1.807) is 20.0 Å². The normalized spacial score (nSPS) is 19.6. The topological polar surface area (TPSA) is 114 Å². The molecule has 1 saturated carbocycles. The molecule has 1 aliphatic carbocycles. The molecule has 1 aromatic rings. The highest BCUT2D eigenvalue weighted by Crippen LogP contribution is 2.41. The Labute approximate surface area is 110 Å². The molecule has 1 heterocycles. The van der Waals surface area contributed by atoms with Gasteiger partial charge in [0.25, 0.3) is 0 Å². The average Bonchev–Trinajstić information content (AvgIpc) is 2.74. The number of rotatable bonds is 4. The van der Waals surface area contributed by atoms with Gasteiger partial charge in [-0.15, -0.1) is 0 Å². The number of hydrogen-bond donors (Lipinski definition) is 3. The van der Waals surface area contributed by atoms with Gasteiger partial charge in [0.2, 0.25) is 11.8 Å². The van der Waals surface area contributed by atoms with Crippen LogP contribution in [-0.4, -0.2) is 21.9 Å². The van der Waals surface area contributed by atoms with E-state index in [-0.39, 0.29) is 17.8 Å². The first-order chi connectivity index (χ1) is 8.99. The molecule has 1 atom stereocenters. The zero-order valence-electron chi connectivity index (χ0n) is 11.0. The number of oxazole rings is 1. The van der Waals surface area contributed by atoms with Crippen molar-refractivity contribution in [3.8, 4) is 0 Å². The number of aryl methyl sites for hydroxylation is 1. The summed E-state index contributed by atoms with van der Waals surface area (Å²) < 4.78 is 5.36. The first kappa shape index (κ1) is 13.4. The fourth-order valence-electron chi connectivity index (χ4n) is 2.19. The van der Waals surface area contributed by atoms with E-state index in [4.69, 9.17) is 15.4 Å². The number of nitrogens with one attached hydrogen (secondary N) is 1. The molecule has 0 spiro atoms. The highest BCUT2D eigenvalue weighted by molar-refractivity contribution is 6.07. The summed E-state index contributed by atoms with van der Waals surface area (Å²) in [5.74, 6) is 0.843. The van der Waals surface area contributed by atoms with Crippen molar-refractivity contribution in [2.75, 3.05) is 0 Å². The lowest BCUT2D eigenvalue weighted by Crippen LogP contribution is -2.54. The fraction of sp³-hybridized carbons (Fsp3) is 0.583. The first-order valence-electron chi connectivity index (χ1n) is 6.21. The number of aromatic nitrogens is 1. The molecule has 0 saturated heterocycles. The maximum absolute atomic E-state index is 12.3. The van der Waals surface area contributed by atoms with E-state index in [1.807, 2.05) is 0 Å². The number of carbonyl (C=O) groups is 1. The van der Waals surface area contributed by atoms with Crippen molar-refractivity contribution >= 4 is 11.7 Å². The molecule has 1 aromatic heterocycles. The summed E-state index contributed by atoms with van der Waals surface area (Å²) in [6.07, 6.45) is 3.66. The monoisotopic (exact) mass is 266 g/mol. The van der Waals surface area contributed by atoms with Crippen molar-refractivity contribution in [1.82, 2.24) is 10.3 Å². The van der Waals surface area contributed by atoms with E-state index in [1.165, 1.54) is 0 Å². The van der Waals surface area contributed by atoms with E-state index >= 15 is 0 Å². The molecular weight excluding hydrogens is 248 g/mol. The number of amides is 1. The second-order valence-electron chi connectivity index (χ2n) is 4.93. The first-order valence-corrected chi connectivity index (χ1v) is 6.21. The van der Waals surface area contributed by atoms with E-state index in [0.717, 1.165) is 6.42 Å². The Morgan fingerprint density at radius 3 is 2.79 bits per heavy atom. The molecule has 0 bridgehead atoms. The van der Waals surface area contributed by atoms with Crippen molar-refractivity contribution in [3.05, 3.63) is 17.8 Å². The zero-order valence-corrected chi connectivity index (χ0v) is 11.0. The van der Waals surface area contributed by atoms with Crippen LogP contribution < -0.4 is 11.1 Å². The molecule has 1 fully saturated rings. The SMILES string of the molecule is Cc1cnc(C(C)NC(=O)C2(/C(N)=N/O)CCC2)o1. The van der Waals surface area contributed by atoms with Crippen molar-refractivity contribution in [3.63, 3.8) is 0 Å². The van der Waals surface area contributed by atoms with Crippen LogP contribution in [-0.2, 0) is 4.79 Å². The minimum Gasteiger partial charge on any atom is -0.444 e. The minimum atomic E-state index is -0.884. The van der Waals surface area contributed by atoms with Crippen molar-refractivity contribution < 1.29 is 14.4 Å². The quantitative estimate of drug-likeness (QED) is 0.326. The number of oxime groups is 1. The average molecular weight is 266 g/mol. The van der Waals surface area contributed by atoms with Crippen molar-refractivity contribution in [2.24, 2.45) is 16.3 Å². The molecule has 0 radical (unpaired) electrons. The zero-order chi connectivity index (χ0) is 14.0. The summed E-state index contributed by atoms with van der Waals surface area (Å²) in [7, 11) is 0. The number of hydrogen-bond acceptors (Lipinski definition) is 5. The van der Waals surface area contributed by atoms with Crippen LogP contribution in [0.25, 0.3) is 0 Å². The van der Waals surface area contributed by atoms with Crippen LogP contribution in [0.4, 0.5) is 0 Å². The Hall–Kier alpha value is -2.05. The van der Waals surface area contributed by atoms with Gasteiger partial charge >= 0.3 is 0 Å². The van der Waals surface area contributed by atoms with Gasteiger partial charge in [0.05, 0.1) is 6.20 Å². The second-order valence-corrected chi connectivity index (χ2v) is 4.93. The summed E-state index contributed by atoms with van der Waals surface area (Å²) >= 11 is 0. The Bertz CT molecular complexity index is 505. The maximum Gasteiger partial charge on any atom is 0.234 e. The third-order valence-corrected chi connectivity index (χ3v) is 3.60. The summed E-state index contributed by atoms with van der Waals surface area (Å²) in [6, 6.07) is -0.356.